The Morgan fingerprint density at radius 2 is 2.33 bits per heavy atom. The van der Waals surface area contributed by atoms with Crippen molar-refractivity contribution < 1.29 is 0 Å². The molecule has 0 radical (unpaired) electrons. The van der Waals surface area contributed by atoms with Gasteiger partial charge in [-0.25, -0.2) is 4.98 Å². The van der Waals surface area contributed by atoms with E-state index in [-0.39, 0.29) is 0 Å². The minimum Gasteiger partial charge on any atom is -0.328 e. The SMILES string of the molecule is CCn1ncnc1C1CC(N)CCC1C. The fourth-order valence-electron chi connectivity index (χ4n) is 2.52. The minimum absolute atomic E-state index is 0.341. The Bertz CT molecular complexity index is 320. The van der Waals surface area contributed by atoms with Crippen LogP contribution in [0.4, 0.5) is 0 Å². The molecule has 1 aliphatic carbocycles. The highest BCUT2D eigenvalue weighted by Gasteiger charge is 2.30. The normalized spacial score (nSPS) is 31.8. The number of hydrogen-bond donors (Lipinski definition) is 1. The van der Waals surface area contributed by atoms with Gasteiger partial charge in [0, 0.05) is 18.5 Å². The lowest BCUT2D eigenvalue weighted by Crippen LogP contribution is -2.32. The molecule has 1 aromatic heterocycles. The van der Waals surface area contributed by atoms with Crippen molar-refractivity contribution in [2.45, 2.75) is 51.6 Å². The van der Waals surface area contributed by atoms with E-state index in [1.165, 1.54) is 6.42 Å². The summed E-state index contributed by atoms with van der Waals surface area (Å²) in [4.78, 5) is 4.39. The molecule has 1 aliphatic rings. The molecule has 2 rings (SSSR count). The third kappa shape index (κ3) is 2.04. The van der Waals surface area contributed by atoms with E-state index >= 15 is 0 Å². The Morgan fingerprint density at radius 1 is 1.53 bits per heavy atom. The van der Waals surface area contributed by atoms with Crippen LogP contribution in [-0.4, -0.2) is 20.8 Å². The molecule has 0 amide bonds. The number of rotatable bonds is 2. The molecule has 1 saturated carbocycles. The van der Waals surface area contributed by atoms with Gasteiger partial charge in [0.1, 0.15) is 12.2 Å². The number of hydrogen-bond acceptors (Lipinski definition) is 3. The van der Waals surface area contributed by atoms with Crippen molar-refractivity contribution in [3.05, 3.63) is 12.2 Å². The van der Waals surface area contributed by atoms with Crippen LogP contribution >= 0.6 is 0 Å². The van der Waals surface area contributed by atoms with Crippen LogP contribution in [-0.2, 0) is 6.54 Å². The van der Waals surface area contributed by atoms with Crippen molar-refractivity contribution in [1.29, 1.82) is 0 Å². The largest absolute Gasteiger partial charge is 0.328 e. The van der Waals surface area contributed by atoms with Gasteiger partial charge >= 0.3 is 0 Å². The quantitative estimate of drug-likeness (QED) is 0.802. The zero-order valence-electron chi connectivity index (χ0n) is 9.56. The maximum Gasteiger partial charge on any atom is 0.138 e. The summed E-state index contributed by atoms with van der Waals surface area (Å²) in [5.74, 6) is 2.30. The van der Waals surface area contributed by atoms with Gasteiger partial charge in [-0.05, 0) is 32.1 Å². The lowest BCUT2D eigenvalue weighted by molar-refractivity contribution is 0.283. The van der Waals surface area contributed by atoms with E-state index in [1.807, 2.05) is 4.68 Å². The van der Waals surface area contributed by atoms with Gasteiger partial charge < -0.3 is 5.73 Å². The van der Waals surface area contributed by atoms with Crippen molar-refractivity contribution in [2.75, 3.05) is 0 Å². The fourth-order valence-corrected chi connectivity index (χ4v) is 2.52. The van der Waals surface area contributed by atoms with E-state index in [2.05, 4.69) is 23.9 Å². The molecular weight excluding hydrogens is 188 g/mol. The summed E-state index contributed by atoms with van der Waals surface area (Å²) >= 11 is 0. The third-order valence-electron chi connectivity index (χ3n) is 3.51. The maximum atomic E-state index is 6.03. The van der Waals surface area contributed by atoms with Crippen LogP contribution in [0.3, 0.4) is 0 Å². The van der Waals surface area contributed by atoms with Crippen LogP contribution in [0.5, 0.6) is 0 Å². The van der Waals surface area contributed by atoms with Crippen molar-refractivity contribution in [1.82, 2.24) is 14.8 Å². The van der Waals surface area contributed by atoms with Crippen molar-refractivity contribution in [3.8, 4) is 0 Å². The highest BCUT2D eigenvalue weighted by atomic mass is 15.3. The summed E-state index contributed by atoms with van der Waals surface area (Å²) < 4.78 is 2.00. The van der Waals surface area contributed by atoms with Crippen molar-refractivity contribution in [3.63, 3.8) is 0 Å². The van der Waals surface area contributed by atoms with Gasteiger partial charge in [-0.2, -0.15) is 5.10 Å². The zero-order chi connectivity index (χ0) is 10.8. The van der Waals surface area contributed by atoms with Crippen LogP contribution in [0.1, 0.15) is 44.9 Å². The van der Waals surface area contributed by atoms with E-state index in [0.717, 1.165) is 25.2 Å². The first-order valence-electron chi connectivity index (χ1n) is 5.85. The summed E-state index contributed by atoms with van der Waals surface area (Å²) in [7, 11) is 0. The smallest absolute Gasteiger partial charge is 0.138 e. The number of aromatic nitrogens is 3. The number of nitrogens with two attached hydrogens (primary N) is 1. The molecule has 15 heavy (non-hydrogen) atoms. The highest BCUT2D eigenvalue weighted by molar-refractivity contribution is 5.01. The van der Waals surface area contributed by atoms with Gasteiger partial charge in [-0.1, -0.05) is 6.92 Å². The third-order valence-corrected chi connectivity index (χ3v) is 3.51. The van der Waals surface area contributed by atoms with Gasteiger partial charge in [0.15, 0.2) is 0 Å². The predicted octanol–water partition coefficient (Wildman–Crippen LogP) is 1.53. The molecule has 3 atom stereocenters. The van der Waals surface area contributed by atoms with Gasteiger partial charge in [-0.15, -0.1) is 0 Å². The highest BCUT2D eigenvalue weighted by Crippen LogP contribution is 2.35. The molecule has 2 N–H and O–H groups in total. The summed E-state index contributed by atoms with van der Waals surface area (Å²) in [6.45, 7) is 5.30. The van der Waals surface area contributed by atoms with E-state index in [4.69, 9.17) is 5.73 Å². The first-order valence-corrected chi connectivity index (χ1v) is 5.85. The van der Waals surface area contributed by atoms with Crippen LogP contribution in [0, 0.1) is 5.92 Å². The molecule has 1 aromatic rings. The van der Waals surface area contributed by atoms with Crippen LogP contribution in [0.25, 0.3) is 0 Å². The Balaban J connectivity index is 2.20. The second kappa shape index (κ2) is 4.31. The van der Waals surface area contributed by atoms with Crippen molar-refractivity contribution in [2.24, 2.45) is 11.7 Å². The van der Waals surface area contributed by atoms with Crippen LogP contribution < -0.4 is 5.73 Å². The molecular formula is C11H20N4. The Hall–Kier alpha value is -0.900. The first-order chi connectivity index (χ1) is 7.22. The van der Waals surface area contributed by atoms with Gasteiger partial charge in [0.2, 0.25) is 0 Å². The molecule has 0 spiro atoms. The summed E-state index contributed by atoms with van der Waals surface area (Å²) in [5, 5.41) is 4.23. The average molecular weight is 208 g/mol. The monoisotopic (exact) mass is 208 g/mol. The molecule has 0 aliphatic heterocycles. The zero-order valence-corrected chi connectivity index (χ0v) is 9.56. The van der Waals surface area contributed by atoms with Gasteiger partial charge in [0.25, 0.3) is 0 Å². The number of aryl methyl sites for hydroxylation is 1. The standard InChI is InChI=1S/C11H20N4/c1-3-15-11(13-7-14-15)10-6-9(12)5-4-8(10)2/h7-10H,3-6,12H2,1-2H3. The predicted molar refractivity (Wildman–Crippen MR) is 59.4 cm³/mol. The summed E-state index contributed by atoms with van der Waals surface area (Å²) in [6.07, 6.45) is 5.08. The van der Waals surface area contributed by atoms with Crippen LogP contribution in [0.15, 0.2) is 6.33 Å². The Labute approximate surface area is 90.9 Å². The maximum absolute atomic E-state index is 6.03. The van der Waals surface area contributed by atoms with Crippen molar-refractivity contribution >= 4 is 0 Å². The van der Waals surface area contributed by atoms with Crippen LogP contribution in [0.2, 0.25) is 0 Å². The minimum atomic E-state index is 0.341. The van der Waals surface area contributed by atoms with E-state index in [0.29, 0.717) is 17.9 Å². The molecule has 84 valence electrons. The van der Waals surface area contributed by atoms with E-state index < -0.39 is 0 Å². The molecule has 0 saturated heterocycles. The number of nitrogens with zero attached hydrogens (tertiary/aromatic N) is 3. The molecule has 0 aromatic carbocycles. The molecule has 3 unspecified atom stereocenters. The lowest BCUT2D eigenvalue weighted by atomic mass is 9.78. The Kier molecular flexibility index (Phi) is 3.05. The topological polar surface area (TPSA) is 56.7 Å². The molecule has 1 heterocycles. The second-order valence-corrected chi connectivity index (χ2v) is 4.59. The average Bonchev–Trinajstić information content (AvgIpc) is 2.69. The molecule has 4 heteroatoms. The molecule has 4 nitrogen and oxygen atoms in total. The van der Waals surface area contributed by atoms with Gasteiger partial charge in [0.05, 0.1) is 0 Å². The van der Waals surface area contributed by atoms with Gasteiger partial charge in [-0.3, -0.25) is 4.68 Å². The van der Waals surface area contributed by atoms with E-state index in [1.54, 1.807) is 6.33 Å². The van der Waals surface area contributed by atoms with E-state index in [9.17, 15) is 0 Å². The fraction of sp³-hybridized carbons (Fsp3) is 0.818. The second-order valence-electron chi connectivity index (χ2n) is 4.59. The summed E-state index contributed by atoms with van der Waals surface area (Å²) in [5.41, 5.74) is 6.03. The summed E-state index contributed by atoms with van der Waals surface area (Å²) in [6, 6.07) is 0.341. The Morgan fingerprint density at radius 3 is 3.07 bits per heavy atom. The lowest BCUT2D eigenvalue weighted by Gasteiger charge is -2.31. The molecule has 1 fully saturated rings. The molecule has 0 bridgehead atoms. The first kappa shape index (κ1) is 10.6.